The second kappa shape index (κ2) is 3.28. The van der Waals surface area contributed by atoms with Crippen molar-refractivity contribution in [3.63, 3.8) is 0 Å². The molecule has 3 aromatic rings. The maximum atomic E-state index is 13.0. The molecule has 0 bridgehead atoms. The lowest BCUT2D eigenvalue weighted by Crippen LogP contribution is -1.98. The van der Waals surface area contributed by atoms with Crippen molar-refractivity contribution < 1.29 is 14.3 Å². The summed E-state index contributed by atoms with van der Waals surface area (Å²) in [5.74, 6) is -1.42. The number of halogens is 1. The van der Waals surface area contributed by atoms with Crippen molar-refractivity contribution >= 4 is 27.8 Å². The normalized spacial score (nSPS) is 11.1. The standard InChI is InChI=1S/C12H7FN2O2/c13-6-1-2-7-8-4-10(12(16)17)14-5-11(8)15-9(7)3-6/h1-5,15H,(H,16,17). The minimum absolute atomic E-state index is 0.0253. The van der Waals surface area contributed by atoms with Gasteiger partial charge in [-0.25, -0.2) is 14.2 Å². The van der Waals surface area contributed by atoms with Crippen molar-refractivity contribution in [2.45, 2.75) is 0 Å². The molecule has 5 heteroatoms. The van der Waals surface area contributed by atoms with E-state index in [0.29, 0.717) is 11.0 Å². The molecule has 0 radical (unpaired) electrons. The van der Waals surface area contributed by atoms with E-state index in [4.69, 9.17) is 5.11 Å². The summed E-state index contributed by atoms with van der Waals surface area (Å²) in [5.41, 5.74) is 1.29. The molecular weight excluding hydrogens is 223 g/mol. The predicted octanol–water partition coefficient (Wildman–Crippen LogP) is 2.55. The minimum Gasteiger partial charge on any atom is -0.477 e. The van der Waals surface area contributed by atoms with Gasteiger partial charge in [0.2, 0.25) is 0 Å². The number of pyridine rings is 1. The Balaban J connectivity index is 2.41. The van der Waals surface area contributed by atoms with Crippen LogP contribution in [-0.2, 0) is 0 Å². The molecule has 84 valence electrons. The number of carboxylic acid groups (broad SMARTS) is 1. The molecule has 0 saturated heterocycles. The van der Waals surface area contributed by atoms with E-state index in [1.165, 1.54) is 24.4 Å². The van der Waals surface area contributed by atoms with Crippen LogP contribution in [0.5, 0.6) is 0 Å². The van der Waals surface area contributed by atoms with Gasteiger partial charge in [-0.05, 0) is 24.3 Å². The summed E-state index contributed by atoms with van der Waals surface area (Å²) in [4.78, 5) is 17.6. The van der Waals surface area contributed by atoms with Gasteiger partial charge in [-0.15, -0.1) is 0 Å². The highest BCUT2D eigenvalue weighted by Crippen LogP contribution is 2.25. The Labute approximate surface area is 94.7 Å². The van der Waals surface area contributed by atoms with Crippen LogP contribution in [0.1, 0.15) is 10.5 Å². The van der Waals surface area contributed by atoms with E-state index in [1.807, 2.05) is 0 Å². The SMILES string of the molecule is O=C(O)c1cc2c(cn1)[nH]c1cc(F)ccc12. The Morgan fingerprint density at radius 2 is 2.06 bits per heavy atom. The quantitative estimate of drug-likeness (QED) is 0.675. The molecule has 0 atom stereocenters. The molecule has 17 heavy (non-hydrogen) atoms. The maximum Gasteiger partial charge on any atom is 0.354 e. The highest BCUT2D eigenvalue weighted by molar-refractivity contribution is 6.08. The third-order valence-corrected chi connectivity index (χ3v) is 2.66. The van der Waals surface area contributed by atoms with Gasteiger partial charge in [-0.2, -0.15) is 0 Å². The molecule has 0 fully saturated rings. The van der Waals surface area contributed by atoms with Crippen molar-refractivity contribution in [2.24, 2.45) is 0 Å². The van der Waals surface area contributed by atoms with Crippen LogP contribution in [0.4, 0.5) is 4.39 Å². The zero-order valence-corrected chi connectivity index (χ0v) is 8.57. The van der Waals surface area contributed by atoms with Crippen molar-refractivity contribution in [3.8, 4) is 0 Å². The fourth-order valence-electron chi connectivity index (χ4n) is 1.89. The molecule has 3 rings (SSSR count). The average Bonchev–Trinajstić information content (AvgIpc) is 2.64. The summed E-state index contributed by atoms with van der Waals surface area (Å²) in [7, 11) is 0. The molecule has 2 heterocycles. The van der Waals surface area contributed by atoms with Gasteiger partial charge in [0.15, 0.2) is 0 Å². The lowest BCUT2D eigenvalue weighted by molar-refractivity contribution is 0.0691. The Kier molecular flexibility index (Phi) is 1.89. The van der Waals surface area contributed by atoms with Crippen LogP contribution in [0.3, 0.4) is 0 Å². The van der Waals surface area contributed by atoms with E-state index in [9.17, 15) is 9.18 Å². The van der Waals surface area contributed by atoms with Crippen LogP contribution >= 0.6 is 0 Å². The van der Waals surface area contributed by atoms with E-state index >= 15 is 0 Å². The van der Waals surface area contributed by atoms with E-state index in [1.54, 1.807) is 6.07 Å². The van der Waals surface area contributed by atoms with E-state index in [-0.39, 0.29) is 11.5 Å². The van der Waals surface area contributed by atoms with Gasteiger partial charge in [0.1, 0.15) is 11.5 Å². The van der Waals surface area contributed by atoms with Crippen LogP contribution in [-0.4, -0.2) is 21.0 Å². The summed E-state index contributed by atoms with van der Waals surface area (Å²) in [6.07, 6.45) is 1.44. The van der Waals surface area contributed by atoms with Crippen LogP contribution in [0, 0.1) is 5.82 Å². The second-order valence-electron chi connectivity index (χ2n) is 3.74. The zero-order valence-electron chi connectivity index (χ0n) is 8.57. The Morgan fingerprint density at radius 3 is 2.82 bits per heavy atom. The van der Waals surface area contributed by atoms with E-state index in [2.05, 4.69) is 9.97 Å². The van der Waals surface area contributed by atoms with Gasteiger partial charge in [-0.1, -0.05) is 0 Å². The molecule has 0 amide bonds. The van der Waals surface area contributed by atoms with E-state index in [0.717, 1.165) is 10.8 Å². The van der Waals surface area contributed by atoms with Gasteiger partial charge in [0, 0.05) is 16.3 Å². The molecule has 4 nitrogen and oxygen atoms in total. The Morgan fingerprint density at radius 1 is 1.24 bits per heavy atom. The van der Waals surface area contributed by atoms with Crippen molar-refractivity contribution in [1.29, 1.82) is 0 Å². The Bertz CT molecular complexity index is 749. The summed E-state index contributed by atoms with van der Waals surface area (Å²) in [5, 5.41) is 10.4. The highest BCUT2D eigenvalue weighted by Gasteiger charge is 2.10. The lowest BCUT2D eigenvalue weighted by atomic mass is 10.1. The van der Waals surface area contributed by atoms with Crippen molar-refractivity contribution in [3.05, 3.63) is 42.0 Å². The van der Waals surface area contributed by atoms with E-state index < -0.39 is 5.97 Å². The second-order valence-corrected chi connectivity index (χ2v) is 3.74. The molecule has 0 saturated carbocycles. The fourth-order valence-corrected chi connectivity index (χ4v) is 1.89. The average molecular weight is 230 g/mol. The first kappa shape index (κ1) is 9.77. The largest absolute Gasteiger partial charge is 0.477 e. The van der Waals surface area contributed by atoms with Gasteiger partial charge in [0.25, 0.3) is 0 Å². The molecule has 1 aromatic carbocycles. The van der Waals surface area contributed by atoms with Gasteiger partial charge in [0.05, 0.1) is 11.7 Å². The molecule has 0 aliphatic rings. The number of nitrogens with zero attached hydrogens (tertiary/aromatic N) is 1. The molecule has 0 aliphatic carbocycles. The molecular formula is C12H7FN2O2. The topological polar surface area (TPSA) is 66.0 Å². The van der Waals surface area contributed by atoms with Crippen LogP contribution in [0.25, 0.3) is 21.8 Å². The summed E-state index contributed by atoms with van der Waals surface area (Å²) in [6.45, 7) is 0. The summed E-state index contributed by atoms with van der Waals surface area (Å²) < 4.78 is 13.0. The fraction of sp³-hybridized carbons (Fsp3) is 0. The first-order chi connectivity index (χ1) is 8.15. The number of nitrogens with one attached hydrogen (secondary N) is 1. The molecule has 0 spiro atoms. The first-order valence-electron chi connectivity index (χ1n) is 4.95. The number of H-pyrrole nitrogens is 1. The van der Waals surface area contributed by atoms with Gasteiger partial charge < -0.3 is 10.1 Å². The summed E-state index contributed by atoms with van der Waals surface area (Å²) >= 11 is 0. The third-order valence-electron chi connectivity index (χ3n) is 2.66. The third kappa shape index (κ3) is 1.44. The van der Waals surface area contributed by atoms with Crippen LogP contribution in [0.2, 0.25) is 0 Å². The molecule has 2 aromatic heterocycles. The Hall–Kier alpha value is -2.43. The molecule has 0 aliphatic heterocycles. The number of hydrogen-bond acceptors (Lipinski definition) is 2. The zero-order chi connectivity index (χ0) is 12.0. The monoisotopic (exact) mass is 230 g/mol. The van der Waals surface area contributed by atoms with Crippen LogP contribution in [0.15, 0.2) is 30.5 Å². The van der Waals surface area contributed by atoms with Crippen molar-refractivity contribution in [1.82, 2.24) is 9.97 Å². The minimum atomic E-state index is -1.08. The number of aromatic nitrogens is 2. The first-order valence-corrected chi connectivity index (χ1v) is 4.95. The number of hydrogen-bond donors (Lipinski definition) is 2. The molecule has 2 N–H and O–H groups in total. The lowest BCUT2D eigenvalue weighted by Gasteiger charge is -1.94. The number of aromatic carboxylic acids is 1. The highest BCUT2D eigenvalue weighted by atomic mass is 19.1. The predicted molar refractivity (Wildman–Crippen MR) is 60.5 cm³/mol. The number of rotatable bonds is 1. The molecule has 0 unspecified atom stereocenters. The smallest absolute Gasteiger partial charge is 0.354 e. The number of fused-ring (bicyclic) bond motifs is 3. The van der Waals surface area contributed by atoms with Crippen LogP contribution < -0.4 is 0 Å². The number of benzene rings is 1. The number of carbonyl (C=O) groups is 1. The maximum absolute atomic E-state index is 13.0. The number of carboxylic acids is 1. The summed E-state index contributed by atoms with van der Waals surface area (Å²) in [6, 6.07) is 5.82. The van der Waals surface area contributed by atoms with Gasteiger partial charge >= 0.3 is 5.97 Å². The van der Waals surface area contributed by atoms with Crippen molar-refractivity contribution in [2.75, 3.05) is 0 Å². The van der Waals surface area contributed by atoms with Gasteiger partial charge in [-0.3, -0.25) is 0 Å². The number of aromatic amines is 1.